The number of nitrogens with zero attached hydrogens (tertiary/aromatic N) is 4. The van der Waals surface area contributed by atoms with Gasteiger partial charge >= 0.3 is 12.0 Å². The van der Waals surface area contributed by atoms with Gasteiger partial charge in [0.1, 0.15) is 0 Å². The van der Waals surface area contributed by atoms with Crippen LogP contribution in [0.5, 0.6) is 6.01 Å². The van der Waals surface area contributed by atoms with E-state index in [1.165, 1.54) is 7.11 Å². The van der Waals surface area contributed by atoms with Gasteiger partial charge < -0.3 is 20.3 Å². The fraction of sp³-hybridized carbons (Fsp3) is 0.333. The third kappa shape index (κ3) is 4.80. The normalized spacial score (nSPS) is 10.1. The Balaban J connectivity index is 1.99. The summed E-state index contributed by atoms with van der Waals surface area (Å²) in [6.45, 7) is 2.13. The van der Waals surface area contributed by atoms with E-state index < -0.39 is 0 Å². The van der Waals surface area contributed by atoms with Gasteiger partial charge in [0, 0.05) is 19.8 Å². The number of carbonyl (C=O) groups is 1. The van der Waals surface area contributed by atoms with Gasteiger partial charge in [0.25, 0.3) is 0 Å². The van der Waals surface area contributed by atoms with Crippen molar-refractivity contribution >= 4 is 17.7 Å². The highest BCUT2D eigenvalue weighted by Gasteiger charge is 2.10. The molecule has 0 aliphatic heterocycles. The van der Waals surface area contributed by atoms with Crippen LogP contribution in [0.4, 0.5) is 16.4 Å². The molecule has 0 saturated heterocycles. The lowest BCUT2D eigenvalue weighted by molar-refractivity contribution is 0.251. The molecule has 0 saturated carbocycles. The Labute approximate surface area is 134 Å². The lowest BCUT2D eigenvalue weighted by Crippen LogP contribution is -2.29. The Morgan fingerprint density at radius 1 is 1.26 bits per heavy atom. The lowest BCUT2D eigenvalue weighted by atomic mass is 10.2. The van der Waals surface area contributed by atoms with Crippen LogP contribution < -0.4 is 20.3 Å². The van der Waals surface area contributed by atoms with Crippen molar-refractivity contribution in [3.05, 3.63) is 35.7 Å². The minimum absolute atomic E-state index is 0.164. The summed E-state index contributed by atoms with van der Waals surface area (Å²) < 4.78 is 5.04. The minimum atomic E-state index is -0.332. The molecule has 2 rings (SSSR count). The van der Waals surface area contributed by atoms with E-state index in [1.54, 1.807) is 4.90 Å². The molecule has 0 unspecified atom stereocenters. The number of rotatable bonds is 5. The third-order valence-corrected chi connectivity index (χ3v) is 2.91. The molecule has 8 nitrogen and oxygen atoms in total. The fourth-order valence-electron chi connectivity index (χ4n) is 1.81. The number of aryl methyl sites for hydroxylation is 1. The summed E-state index contributed by atoms with van der Waals surface area (Å²) in [7, 11) is 5.11. The van der Waals surface area contributed by atoms with Gasteiger partial charge in [0.2, 0.25) is 5.95 Å². The van der Waals surface area contributed by atoms with Crippen molar-refractivity contribution < 1.29 is 9.53 Å². The van der Waals surface area contributed by atoms with Gasteiger partial charge in [-0.2, -0.15) is 15.0 Å². The van der Waals surface area contributed by atoms with Crippen LogP contribution in [0.3, 0.4) is 0 Å². The SMILES string of the molecule is COc1nc(CNC(=O)Nc2cccc(C)c2)nc(N(C)C)n1. The Morgan fingerprint density at radius 3 is 2.70 bits per heavy atom. The number of nitrogens with one attached hydrogen (secondary N) is 2. The predicted octanol–water partition coefficient (Wildman–Crippen LogP) is 1.58. The summed E-state index contributed by atoms with van der Waals surface area (Å²) in [5.41, 5.74) is 1.80. The lowest BCUT2D eigenvalue weighted by Gasteiger charge is -2.12. The monoisotopic (exact) mass is 316 g/mol. The average Bonchev–Trinajstić information content (AvgIpc) is 2.52. The van der Waals surface area contributed by atoms with Crippen LogP contribution in [-0.2, 0) is 6.54 Å². The number of benzene rings is 1. The zero-order valence-electron chi connectivity index (χ0n) is 13.6. The van der Waals surface area contributed by atoms with E-state index >= 15 is 0 Å². The van der Waals surface area contributed by atoms with Crippen molar-refractivity contribution in [1.29, 1.82) is 0 Å². The molecule has 0 radical (unpaired) electrons. The molecule has 2 amide bonds. The Morgan fingerprint density at radius 2 is 2.04 bits per heavy atom. The van der Waals surface area contributed by atoms with E-state index in [0.29, 0.717) is 11.8 Å². The van der Waals surface area contributed by atoms with Gasteiger partial charge in [-0.25, -0.2) is 4.79 Å². The second-order valence-corrected chi connectivity index (χ2v) is 5.11. The highest BCUT2D eigenvalue weighted by Crippen LogP contribution is 2.10. The summed E-state index contributed by atoms with van der Waals surface area (Å²) in [6, 6.07) is 7.42. The maximum atomic E-state index is 11.9. The van der Waals surface area contributed by atoms with Crippen LogP contribution in [0.2, 0.25) is 0 Å². The summed E-state index contributed by atoms with van der Waals surface area (Å²) in [6.07, 6.45) is 0. The number of methoxy groups -OCH3 is 1. The molecular formula is C15H20N6O2. The first kappa shape index (κ1) is 16.5. The smallest absolute Gasteiger partial charge is 0.321 e. The fourth-order valence-corrected chi connectivity index (χ4v) is 1.81. The van der Waals surface area contributed by atoms with E-state index in [-0.39, 0.29) is 18.6 Å². The van der Waals surface area contributed by atoms with E-state index in [2.05, 4.69) is 25.6 Å². The first-order chi connectivity index (χ1) is 11.0. The summed E-state index contributed by atoms with van der Waals surface area (Å²) in [4.78, 5) is 26.1. The predicted molar refractivity (Wildman–Crippen MR) is 87.7 cm³/mol. The number of anilines is 2. The van der Waals surface area contributed by atoms with Crippen LogP contribution in [0.25, 0.3) is 0 Å². The van der Waals surface area contributed by atoms with Gasteiger partial charge in [0.15, 0.2) is 5.82 Å². The quantitative estimate of drug-likeness (QED) is 0.870. The summed E-state index contributed by atoms with van der Waals surface area (Å²) in [5.74, 6) is 0.882. The largest absolute Gasteiger partial charge is 0.467 e. The maximum Gasteiger partial charge on any atom is 0.321 e. The van der Waals surface area contributed by atoms with Crippen molar-refractivity contribution in [2.75, 3.05) is 31.4 Å². The molecule has 1 aromatic carbocycles. The van der Waals surface area contributed by atoms with Crippen molar-refractivity contribution in [1.82, 2.24) is 20.3 Å². The van der Waals surface area contributed by atoms with E-state index in [1.807, 2.05) is 45.3 Å². The number of hydrogen-bond acceptors (Lipinski definition) is 6. The molecule has 122 valence electrons. The Hall–Kier alpha value is -2.90. The number of ether oxygens (including phenoxy) is 1. The highest BCUT2D eigenvalue weighted by atomic mass is 16.5. The molecule has 23 heavy (non-hydrogen) atoms. The molecule has 1 heterocycles. The molecule has 0 aliphatic rings. The molecule has 8 heteroatoms. The maximum absolute atomic E-state index is 11.9. The second kappa shape index (κ2) is 7.39. The zero-order chi connectivity index (χ0) is 16.8. The van der Waals surface area contributed by atoms with Gasteiger partial charge in [0.05, 0.1) is 13.7 Å². The van der Waals surface area contributed by atoms with Crippen LogP contribution in [0, 0.1) is 6.92 Å². The van der Waals surface area contributed by atoms with Gasteiger partial charge in [-0.3, -0.25) is 0 Å². The molecular weight excluding hydrogens is 296 g/mol. The standard InChI is InChI=1S/C15H20N6O2/c1-10-6-5-7-11(8-10)17-14(22)16-9-12-18-13(21(2)3)20-15(19-12)23-4/h5-8H,9H2,1-4H3,(H2,16,17,22). The van der Waals surface area contributed by atoms with Gasteiger partial charge in [-0.05, 0) is 24.6 Å². The van der Waals surface area contributed by atoms with Gasteiger partial charge in [-0.1, -0.05) is 12.1 Å². The first-order valence-electron chi connectivity index (χ1n) is 7.05. The van der Waals surface area contributed by atoms with Crippen molar-refractivity contribution in [3.8, 4) is 6.01 Å². The van der Waals surface area contributed by atoms with E-state index in [0.717, 1.165) is 11.3 Å². The van der Waals surface area contributed by atoms with E-state index in [9.17, 15) is 4.79 Å². The highest BCUT2D eigenvalue weighted by molar-refractivity contribution is 5.89. The van der Waals surface area contributed by atoms with Gasteiger partial charge in [-0.15, -0.1) is 0 Å². The number of carbonyl (C=O) groups excluding carboxylic acids is 1. The molecule has 2 aromatic rings. The molecule has 2 N–H and O–H groups in total. The number of urea groups is 1. The van der Waals surface area contributed by atoms with Crippen LogP contribution >= 0.6 is 0 Å². The Kier molecular flexibility index (Phi) is 5.29. The van der Waals surface area contributed by atoms with Crippen LogP contribution in [-0.4, -0.2) is 42.2 Å². The van der Waals surface area contributed by atoms with Crippen LogP contribution in [0.1, 0.15) is 11.4 Å². The number of amides is 2. The summed E-state index contributed by atoms with van der Waals surface area (Å²) in [5, 5.41) is 5.46. The Bertz CT molecular complexity index is 689. The second-order valence-electron chi connectivity index (χ2n) is 5.11. The zero-order valence-corrected chi connectivity index (χ0v) is 13.6. The minimum Gasteiger partial charge on any atom is -0.467 e. The molecule has 0 atom stereocenters. The molecule has 0 fully saturated rings. The molecule has 0 aliphatic carbocycles. The molecule has 0 spiro atoms. The third-order valence-electron chi connectivity index (χ3n) is 2.91. The van der Waals surface area contributed by atoms with Crippen molar-refractivity contribution in [2.24, 2.45) is 0 Å². The average molecular weight is 316 g/mol. The topological polar surface area (TPSA) is 92.3 Å². The number of hydrogen-bond donors (Lipinski definition) is 2. The first-order valence-corrected chi connectivity index (χ1v) is 7.05. The van der Waals surface area contributed by atoms with Crippen molar-refractivity contribution in [3.63, 3.8) is 0 Å². The van der Waals surface area contributed by atoms with Crippen molar-refractivity contribution in [2.45, 2.75) is 13.5 Å². The molecule has 0 bridgehead atoms. The summed E-state index contributed by atoms with van der Waals surface area (Å²) >= 11 is 0. The molecule has 1 aromatic heterocycles. The number of aromatic nitrogens is 3. The van der Waals surface area contributed by atoms with Crippen LogP contribution in [0.15, 0.2) is 24.3 Å². The van der Waals surface area contributed by atoms with E-state index in [4.69, 9.17) is 4.74 Å².